The lowest BCUT2D eigenvalue weighted by Crippen LogP contribution is -1.82. The van der Waals surface area contributed by atoms with Gasteiger partial charge in [0.05, 0.1) is 5.38 Å². The molecule has 0 spiro atoms. The number of aromatic nitrogens is 2. The number of hydrogen-bond donors (Lipinski definition) is 0. The van der Waals surface area contributed by atoms with Crippen LogP contribution < -0.4 is 4.74 Å². The van der Waals surface area contributed by atoms with Crippen molar-refractivity contribution in [3.8, 4) is 11.6 Å². The fourth-order valence-corrected chi connectivity index (χ4v) is 1.12. The highest BCUT2D eigenvalue weighted by molar-refractivity contribution is 7.03. The van der Waals surface area contributed by atoms with E-state index in [4.69, 9.17) is 4.74 Å². The van der Waals surface area contributed by atoms with Gasteiger partial charge in [0.1, 0.15) is 5.75 Å². The van der Waals surface area contributed by atoms with Crippen LogP contribution in [0.15, 0.2) is 29.6 Å². The standard InChI is InChI=1S/C8H5N2OS/c1-2-4-7(5-3-1)11-8-6-12-10-9-8/h2-6H. The van der Waals surface area contributed by atoms with Crippen molar-refractivity contribution >= 4 is 11.5 Å². The van der Waals surface area contributed by atoms with Crippen LogP contribution in [0.25, 0.3) is 0 Å². The summed E-state index contributed by atoms with van der Waals surface area (Å²) in [5.74, 6) is 1.28. The molecule has 2 rings (SSSR count). The molecule has 0 fully saturated rings. The number of nitrogens with zero attached hydrogens (tertiary/aromatic N) is 2. The average molecular weight is 177 g/mol. The second-order valence-corrected chi connectivity index (χ2v) is 2.69. The van der Waals surface area contributed by atoms with E-state index in [0.717, 1.165) is 5.75 Å². The van der Waals surface area contributed by atoms with Gasteiger partial charge in [0.15, 0.2) is 0 Å². The molecule has 1 radical (unpaired) electrons. The van der Waals surface area contributed by atoms with Gasteiger partial charge in [-0.25, -0.2) is 0 Å². The molecule has 59 valence electrons. The van der Waals surface area contributed by atoms with Gasteiger partial charge in [0.25, 0.3) is 5.88 Å². The first kappa shape index (κ1) is 7.24. The Balaban J connectivity index is 2.15. The normalized spacial score (nSPS) is 9.67. The molecule has 3 nitrogen and oxygen atoms in total. The van der Waals surface area contributed by atoms with E-state index in [2.05, 4.69) is 15.7 Å². The van der Waals surface area contributed by atoms with Crippen LogP contribution in [0.2, 0.25) is 0 Å². The van der Waals surface area contributed by atoms with Gasteiger partial charge in [-0.2, -0.15) is 0 Å². The van der Waals surface area contributed by atoms with E-state index in [-0.39, 0.29) is 0 Å². The Morgan fingerprint density at radius 1 is 1.33 bits per heavy atom. The van der Waals surface area contributed by atoms with E-state index < -0.39 is 0 Å². The summed E-state index contributed by atoms with van der Waals surface area (Å²) in [6.07, 6.45) is 0. The predicted molar refractivity (Wildman–Crippen MR) is 45.3 cm³/mol. The Kier molecular flexibility index (Phi) is 2.00. The molecule has 0 unspecified atom stereocenters. The van der Waals surface area contributed by atoms with Crippen LogP contribution >= 0.6 is 11.5 Å². The topological polar surface area (TPSA) is 35.0 Å². The fraction of sp³-hybridized carbons (Fsp3) is 0. The minimum Gasteiger partial charge on any atom is -0.437 e. The number of rotatable bonds is 2. The molecule has 1 aromatic heterocycles. The van der Waals surface area contributed by atoms with Gasteiger partial charge in [-0.1, -0.05) is 21.7 Å². The zero-order chi connectivity index (χ0) is 8.23. The van der Waals surface area contributed by atoms with Crippen molar-refractivity contribution in [1.82, 2.24) is 9.59 Å². The fourth-order valence-electron chi connectivity index (χ4n) is 0.761. The summed E-state index contributed by atoms with van der Waals surface area (Å²) < 4.78 is 9.01. The molecule has 0 bridgehead atoms. The van der Waals surface area contributed by atoms with E-state index in [1.165, 1.54) is 11.5 Å². The van der Waals surface area contributed by atoms with Crippen LogP contribution in [0.4, 0.5) is 0 Å². The molecule has 0 saturated heterocycles. The Hall–Kier alpha value is -1.42. The molecule has 0 aliphatic heterocycles. The quantitative estimate of drug-likeness (QED) is 0.704. The summed E-state index contributed by atoms with van der Waals surface area (Å²) in [6.45, 7) is 0. The van der Waals surface area contributed by atoms with Crippen molar-refractivity contribution in [2.75, 3.05) is 0 Å². The number of ether oxygens (including phenoxy) is 1. The van der Waals surface area contributed by atoms with Crippen LogP contribution in [0.5, 0.6) is 11.6 Å². The first-order valence-corrected chi connectivity index (χ1v) is 4.20. The smallest absolute Gasteiger partial charge is 0.251 e. The van der Waals surface area contributed by atoms with Crippen molar-refractivity contribution in [3.63, 3.8) is 0 Å². The summed E-state index contributed by atoms with van der Waals surface area (Å²) in [5.41, 5.74) is 0. The molecular weight excluding hydrogens is 172 g/mol. The maximum Gasteiger partial charge on any atom is 0.251 e. The average Bonchev–Trinajstić information content (AvgIpc) is 2.59. The van der Waals surface area contributed by atoms with Crippen molar-refractivity contribution in [2.24, 2.45) is 0 Å². The van der Waals surface area contributed by atoms with Gasteiger partial charge in [-0.05, 0) is 29.7 Å². The van der Waals surface area contributed by atoms with Crippen molar-refractivity contribution in [1.29, 1.82) is 0 Å². The zero-order valence-corrected chi connectivity index (χ0v) is 6.91. The van der Waals surface area contributed by atoms with Crippen LogP contribution in [-0.4, -0.2) is 9.59 Å². The Labute approximate surface area is 73.8 Å². The molecule has 2 aromatic rings. The molecule has 1 aromatic carbocycles. The van der Waals surface area contributed by atoms with Gasteiger partial charge in [-0.3, -0.25) is 0 Å². The van der Waals surface area contributed by atoms with Crippen LogP contribution in [0.1, 0.15) is 0 Å². The monoisotopic (exact) mass is 177 g/mol. The third-order valence-electron chi connectivity index (χ3n) is 1.25. The molecule has 0 N–H and O–H groups in total. The van der Waals surface area contributed by atoms with Crippen LogP contribution in [0, 0.1) is 6.07 Å². The molecule has 0 aliphatic rings. The maximum atomic E-state index is 5.34. The predicted octanol–water partition coefficient (Wildman–Crippen LogP) is 2.13. The second kappa shape index (κ2) is 3.32. The first-order chi connectivity index (χ1) is 5.95. The Morgan fingerprint density at radius 2 is 2.17 bits per heavy atom. The Morgan fingerprint density at radius 3 is 2.83 bits per heavy atom. The van der Waals surface area contributed by atoms with Crippen LogP contribution in [0.3, 0.4) is 0 Å². The summed E-state index contributed by atoms with van der Waals surface area (Å²) >= 11 is 1.26. The van der Waals surface area contributed by atoms with Crippen molar-refractivity contribution in [3.05, 3.63) is 35.7 Å². The minimum absolute atomic E-state index is 0.534. The first-order valence-electron chi connectivity index (χ1n) is 3.36. The van der Waals surface area contributed by atoms with Crippen molar-refractivity contribution < 1.29 is 4.74 Å². The third kappa shape index (κ3) is 1.60. The SMILES string of the molecule is [c]1ccc(Oc2csnn2)cc1. The lowest BCUT2D eigenvalue weighted by molar-refractivity contribution is 0.461. The third-order valence-corrected chi connectivity index (χ3v) is 1.73. The van der Waals surface area contributed by atoms with Gasteiger partial charge in [-0.15, -0.1) is 0 Å². The van der Waals surface area contributed by atoms with Gasteiger partial charge in [0.2, 0.25) is 0 Å². The molecule has 0 aliphatic carbocycles. The minimum atomic E-state index is 0.534. The Bertz CT molecular complexity index is 333. The molecule has 0 atom stereocenters. The molecule has 4 heteroatoms. The highest BCUT2D eigenvalue weighted by Gasteiger charge is 1.97. The number of hydrogen-bond acceptors (Lipinski definition) is 4. The van der Waals surface area contributed by atoms with Gasteiger partial charge in [0, 0.05) is 0 Å². The second-order valence-electron chi connectivity index (χ2n) is 2.08. The maximum absolute atomic E-state index is 5.34. The molecule has 12 heavy (non-hydrogen) atoms. The van der Waals surface area contributed by atoms with Gasteiger partial charge < -0.3 is 4.74 Å². The highest BCUT2D eigenvalue weighted by atomic mass is 32.1. The summed E-state index contributed by atoms with van der Waals surface area (Å²) in [4.78, 5) is 0. The van der Waals surface area contributed by atoms with Gasteiger partial charge >= 0.3 is 0 Å². The highest BCUT2D eigenvalue weighted by Crippen LogP contribution is 2.18. The molecule has 0 amide bonds. The van der Waals surface area contributed by atoms with E-state index in [0.29, 0.717) is 5.88 Å². The van der Waals surface area contributed by atoms with E-state index >= 15 is 0 Å². The van der Waals surface area contributed by atoms with Crippen LogP contribution in [-0.2, 0) is 0 Å². The molecule has 0 saturated carbocycles. The van der Waals surface area contributed by atoms with E-state index in [1.54, 1.807) is 17.5 Å². The largest absolute Gasteiger partial charge is 0.437 e. The van der Waals surface area contributed by atoms with Crippen molar-refractivity contribution in [2.45, 2.75) is 0 Å². The lowest BCUT2D eigenvalue weighted by Gasteiger charge is -1.98. The summed E-state index contributed by atoms with van der Waals surface area (Å²) in [6, 6.07) is 10.1. The summed E-state index contributed by atoms with van der Waals surface area (Å²) in [5, 5.41) is 5.49. The lowest BCUT2D eigenvalue weighted by atomic mass is 10.3. The van der Waals surface area contributed by atoms with E-state index in [1.807, 2.05) is 12.1 Å². The van der Waals surface area contributed by atoms with E-state index in [9.17, 15) is 0 Å². The summed E-state index contributed by atoms with van der Waals surface area (Å²) in [7, 11) is 0. The molecule has 1 heterocycles. The zero-order valence-electron chi connectivity index (χ0n) is 6.10. The number of benzene rings is 1. The molecular formula is C8H5N2OS.